The lowest BCUT2D eigenvalue weighted by Gasteiger charge is -2.15. The Labute approximate surface area is 112 Å². The van der Waals surface area contributed by atoms with E-state index >= 15 is 0 Å². The second-order valence-corrected chi connectivity index (χ2v) is 5.29. The van der Waals surface area contributed by atoms with Crippen LogP contribution in [0.3, 0.4) is 0 Å². The van der Waals surface area contributed by atoms with E-state index in [9.17, 15) is 9.59 Å². The molecule has 0 aromatic carbocycles. The van der Waals surface area contributed by atoms with Gasteiger partial charge < -0.3 is 10.1 Å². The van der Waals surface area contributed by atoms with Gasteiger partial charge in [0.15, 0.2) is 0 Å². The molecule has 0 amide bonds. The fourth-order valence-corrected chi connectivity index (χ4v) is 2.30. The number of nitrogens with one attached hydrogen (secondary N) is 1. The number of rotatable bonds is 11. The van der Waals surface area contributed by atoms with Crippen LogP contribution in [0.15, 0.2) is 0 Å². The second-order valence-electron chi connectivity index (χ2n) is 5.29. The molecule has 0 bridgehead atoms. The van der Waals surface area contributed by atoms with E-state index in [0.29, 0.717) is 36.9 Å². The highest BCUT2D eigenvalue weighted by atomic mass is 16.1. The maximum Gasteiger partial charge on any atom is 0.133 e. The average Bonchev–Trinajstić information content (AvgIpc) is 2.33. The van der Waals surface area contributed by atoms with Crippen molar-refractivity contribution in [3.05, 3.63) is 0 Å². The Kier molecular flexibility index (Phi) is 9.85. The largest absolute Gasteiger partial charge is 0.319 e. The lowest BCUT2D eigenvalue weighted by molar-refractivity contribution is -0.121. The minimum atomic E-state index is 0.232. The third-order valence-corrected chi connectivity index (χ3v) is 3.57. The third-order valence-electron chi connectivity index (χ3n) is 3.57. The molecule has 0 aromatic heterocycles. The van der Waals surface area contributed by atoms with E-state index in [1.807, 2.05) is 7.05 Å². The molecule has 0 aromatic rings. The summed E-state index contributed by atoms with van der Waals surface area (Å²) >= 11 is 0. The maximum atomic E-state index is 11.9. The van der Waals surface area contributed by atoms with Crippen LogP contribution in [0.2, 0.25) is 0 Å². The van der Waals surface area contributed by atoms with Crippen molar-refractivity contribution in [1.82, 2.24) is 5.32 Å². The van der Waals surface area contributed by atoms with E-state index in [1.54, 1.807) is 6.92 Å². The topological polar surface area (TPSA) is 46.2 Å². The number of carbonyl (C=O) groups excluding carboxylic acids is 2. The van der Waals surface area contributed by atoms with Crippen molar-refractivity contribution >= 4 is 11.6 Å². The molecule has 0 aliphatic carbocycles. The lowest BCUT2D eigenvalue weighted by atomic mass is 9.91. The van der Waals surface area contributed by atoms with E-state index in [0.717, 1.165) is 25.8 Å². The summed E-state index contributed by atoms with van der Waals surface area (Å²) in [6.07, 6.45) is 4.82. The summed E-state index contributed by atoms with van der Waals surface area (Å²) in [6, 6.07) is 0. The Morgan fingerprint density at radius 3 is 2.11 bits per heavy atom. The molecule has 0 saturated heterocycles. The summed E-state index contributed by atoms with van der Waals surface area (Å²) in [7, 11) is 1.92. The molecule has 0 rings (SSSR count). The van der Waals surface area contributed by atoms with E-state index < -0.39 is 0 Å². The minimum Gasteiger partial charge on any atom is -0.319 e. The first-order chi connectivity index (χ1) is 8.53. The number of hydrogen-bond acceptors (Lipinski definition) is 3. The summed E-state index contributed by atoms with van der Waals surface area (Å²) in [4.78, 5) is 23.0. The Morgan fingerprint density at radius 2 is 1.67 bits per heavy atom. The lowest BCUT2D eigenvalue weighted by Crippen LogP contribution is -2.21. The van der Waals surface area contributed by atoms with Crippen molar-refractivity contribution in [1.29, 1.82) is 0 Å². The van der Waals surface area contributed by atoms with Crippen LogP contribution in [0.5, 0.6) is 0 Å². The summed E-state index contributed by atoms with van der Waals surface area (Å²) < 4.78 is 0. The highest BCUT2D eigenvalue weighted by molar-refractivity contribution is 5.79. The van der Waals surface area contributed by atoms with Gasteiger partial charge in [0.05, 0.1) is 0 Å². The van der Waals surface area contributed by atoms with Crippen molar-refractivity contribution in [3.8, 4) is 0 Å². The van der Waals surface area contributed by atoms with Gasteiger partial charge in [-0.3, -0.25) is 4.79 Å². The average molecular weight is 255 g/mol. The molecule has 3 heteroatoms. The number of Topliss-reactive ketones (excluding diaryl/α,β-unsaturated/α-hetero) is 2. The molecule has 2 unspecified atom stereocenters. The van der Waals surface area contributed by atoms with Gasteiger partial charge in [0, 0.05) is 19.3 Å². The molecule has 3 nitrogen and oxygen atoms in total. The van der Waals surface area contributed by atoms with Gasteiger partial charge >= 0.3 is 0 Å². The molecular formula is C15H29NO2. The van der Waals surface area contributed by atoms with Gasteiger partial charge in [-0.2, -0.15) is 0 Å². The highest BCUT2D eigenvalue weighted by Gasteiger charge is 2.14. The number of ketones is 2. The Morgan fingerprint density at radius 1 is 1.06 bits per heavy atom. The SMILES string of the molecule is CCC(CCC(=O)CC(CC)CNC)CC(C)=O. The van der Waals surface area contributed by atoms with Crippen molar-refractivity contribution in [3.63, 3.8) is 0 Å². The van der Waals surface area contributed by atoms with Crippen LogP contribution in [0.25, 0.3) is 0 Å². The molecule has 0 heterocycles. The Balaban J connectivity index is 3.96. The van der Waals surface area contributed by atoms with Gasteiger partial charge in [0.2, 0.25) is 0 Å². The quantitative estimate of drug-likeness (QED) is 0.617. The van der Waals surface area contributed by atoms with Gasteiger partial charge in [0.25, 0.3) is 0 Å². The van der Waals surface area contributed by atoms with E-state index in [1.165, 1.54) is 0 Å². The molecule has 1 N–H and O–H groups in total. The molecule has 2 atom stereocenters. The predicted octanol–water partition coefficient (Wildman–Crippen LogP) is 2.98. The summed E-state index contributed by atoms with van der Waals surface area (Å²) in [6.45, 7) is 6.76. The summed E-state index contributed by atoms with van der Waals surface area (Å²) in [5, 5.41) is 3.13. The Hall–Kier alpha value is -0.700. The van der Waals surface area contributed by atoms with Crippen LogP contribution in [0.1, 0.15) is 59.3 Å². The fourth-order valence-electron chi connectivity index (χ4n) is 2.30. The summed E-state index contributed by atoms with van der Waals surface area (Å²) in [5.74, 6) is 1.42. The van der Waals surface area contributed by atoms with E-state index in [2.05, 4.69) is 19.2 Å². The third kappa shape index (κ3) is 8.40. The first-order valence-electron chi connectivity index (χ1n) is 7.19. The smallest absolute Gasteiger partial charge is 0.133 e. The molecule has 106 valence electrons. The van der Waals surface area contributed by atoms with Gasteiger partial charge in [-0.05, 0) is 38.8 Å². The molecule has 0 aliphatic rings. The molecule has 0 radical (unpaired) electrons. The minimum absolute atomic E-state index is 0.232. The molecular weight excluding hydrogens is 226 g/mol. The number of hydrogen-bond donors (Lipinski definition) is 1. The first-order valence-corrected chi connectivity index (χ1v) is 7.19. The monoisotopic (exact) mass is 255 g/mol. The van der Waals surface area contributed by atoms with Gasteiger partial charge in [0.1, 0.15) is 11.6 Å². The molecule has 18 heavy (non-hydrogen) atoms. The van der Waals surface area contributed by atoms with E-state index in [4.69, 9.17) is 0 Å². The first kappa shape index (κ1) is 17.3. The van der Waals surface area contributed by atoms with Gasteiger partial charge in [-0.25, -0.2) is 0 Å². The van der Waals surface area contributed by atoms with Crippen LogP contribution in [0.4, 0.5) is 0 Å². The maximum absolute atomic E-state index is 11.9. The van der Waals surface area contributed by atoms with Crippen LogP contribution >= 0.6 is 0 Å². The fraction of sp³-hybridized carbons (Fsp3) is 0.867. The second kappa shape index (κ2) is 10.2. The van der Waals surface area contributed by atoms with Crippen molar-refractivity contribution < 1.29 is 9.59 Å². The Bertz CT molecular complexity index is 251. The molecule has 0 aliphatic heterocycles. The van der Waals surface area contributed by atoms with E-state index in [-0.39, 0.29) is 5.78 Å². The number of carbonyl (C=O) groups is 2. The van der Waals surface area contributed by atoms with Crippen LogP contribution < -0.4 is 5.32 Å². The van der Waals surface area contributed by atoms with Crippen LogP contribution in [-0.2, 0) is 9.59 Å². The molecule has 0 spiro atoms. The van der Waals surface area contributed by atoms with Crippen molar-refractivity contribution in [2.45, 2.75) is 59.3 Å². The predicted molar refractivity (Wildman–Crippen MR) is 75.6 cm³/mol. The zero-order valence-electron chi connectivity index (χ0n) is 12.4. The zero-order valence-corrected chi connectivity index (χ0v) is 12.4. The van der Waals surface area contributed by atoms with Crippen LogP contribution in [-0.4, -0.2) is 25.2 Å². The molecule has 0 fully saturated rings. The van der Waals surface area contributed by atoms with Crippen molar-refractivity contribution in [2.75, 3.05) is 13.6 Å². The molecule has 0 saturated carbocycles. The normalized spacial score (nSPS) is 14.2. The standard InChI is InChI=1S/C15H29NO2/c1-5-13(9-12(3)17)7-8-15(18)10-14(6-2)11-16-4/h13-14,16H,5-11H2,1-4H3. The van der Waals surface area contributed by atoms with Crippen molar-refractivity contribution in [2.24, 2.45) is 11.8 Å². The zero-order chi connectivity index (χ0) is 14.0. The van der Waals surface area contributed by atoms with Gasteiger partial charge in [-0.15, -0.1) is 0 Å². The van der Waals surface area contributed by atoms with Gasteiger partial charge in [-0.1, -0.05) is 26.7 Å². The summed E-state index contributed by atoms with van der Waals surface area (Å²) in [5.41, 5.74) is 0. The highest BCUT2D eigenvalue weighted by Crippen LogP contribution is 2.18. The van der Waals surface area contributed by atoms with Crippen LogP contribution in [0, 0.1) is 11.8 Å².